The number of pyridine rings is 1. The highest BCUT2D eigenvalue weighted by molar-refractivity contribution is 7.14. The van der Waals surface area contributed by atoms with Crippen molar-refractivity contribution >= 4 is 51.2 Å². The number of hydrogen-bond acceptors (Lipinski definition) is 6. The number of nitrogens with zero attached hydrogens (tertiary/aromatic N) is 2. The summed E-state index contributed by atoms with van der Waals surface area (Å²) in [5.41, 5.74) is 5.61. The van der Waals surface area contributed by atoms with Crippen LogP contribution in [0.1, 0.15) is 15.9 Å². The van der Waals surface area contributed by atoms with Crippen molar-refractivity contribution in [2.75, 3.05) is 21.3 Å². The Morgan fingerprint density at radius 3 is 2.23 bits per heavy atom. The Morgan fingerprint density at radius 1 is 0.846 bits per heavy atom. The van der Waals surface area contributed by atoms with Crippen LogP contribution in [0.15, 0.2) is 96.6 Å². The molecular formula is C29H23FN6O2S. The maximum atomic E-state index is 13.0. The zero-order chi connectivity index (χ0) is 27.2. The van der Waals surface area contributed by atoms with Gasteiger partial charge in [-0.25, -0.2) is 14.2 Å². The van der Waals surface area contributed by atoms with Crippen LogP contribution in [0.2, 0.25) is 0 Å². The van der Waals surface area contributed by atoms with Crippen LogP contribution < -0.4 is 21.3 Å². The number of urea groups is 1. The average Bonchev–Trinajstić information content (AvgIpc) is 3.41. The molecule has 0 aliphatic heterocycles. The number of anilines is 5. The van der Waals surface area contributed by atoms with E-state index in [4.69, 9.17) is 0 Å². The fourth-order valence-electron chi connectivity index (χ4n) is 3.66. The molecule has 0 saturated heterocycles. The number of carbonyl (C=O) groups is 2. The molecule has 0 aliphatic carbocycles. The Labute approximate surface area is 228 Å². The summed E-state index contributed by atoms with van der Waals surface area (Å²) in [6.45, 7) is 1.97. The molecule has 194 valence electrons. The van der Waals surface area contributed by atoms with Crippen molar-refractivity contribution < 1.29 is 14.0 Å². The molecule has 0 fully saturated rings. The topological polar surface area (TPSA) is 108 Å². The van der Waals surface area contributed by atoms with Crippen molar-refractivity contribution in [3.63, 3.8) is 0 Å². The zero-order valence-corrected chi connectivity index (χ0v) is 21.6. The van der Waals surface area contributed by atoms with E-state index in [1.807, 2.05) is 42.6 Å². The van der Waals surface area contributed by atoms with Crippen LogP contribution >= 0.6 is 11.3 Å². The Balaban J connectivity index is 1.20. The SMILES string of the molecule is Cc1ccc(NC(=O)c2ccc(NC(=O)Nc3ccc(F)cc3)cc2)cc1Nc1nc(-c2cccnc2)cs1. The molecular weight excluding hydrogens is 515 g/mol. The van der Waals surface area contributed by atoms with Gasteiger partial charge in [-0.3, -0.25) is 9.78 Å². The van der Waals surface area contributed by atoms with Gasteiger partial charge in [0, 0.05) is 51.7 Å². The maximum absolute atomic E-state index is 13.0. The average molecular weight is 539 g/mol. The van der Waals surface area contributed by atoms with Crippen molar-refractivity contribution in [3.05, 3.63) is 114 Å². The van der Waals surface area contributed by atoms with Crippen LogP contribution in [0.4, 0.5) is 37.1 Å². The molecule has 5 rings (SSSR count). The predicted molar refractivity (Wildman–Crippen MR) is 153 cm³/mol. The summed E-state index contributed by atoms with van der Waals surface area (Å²) in [6, 6.07) is 20.9. The summed E-state index contributed by atoms with van der Waals surface area (Å²) in [5.74, 6) is -0.678. The van der Waals surface area contributed by atoms with Gasteiger partial charge < -0.3 is 21.3 Å². The van der Waals surface area contributed by atoms with Gasteiger partial charge in [0.25, 0.3) is 5.91 Å². The van der Waals surface area contributed by atoms with Gasteiger partial charge in [-0.1, -0.05) is 6.07 Å². The second-order valence-corrected chi connectivity index (χ2v) is 9.41. The highest BCUT2D eigenvalue weighted by atomic mass is 32.1. The normalized spacial score (nSPS) is 10.5. The van der Waals surface area contributed by atoms with Crippen LogP contribution in [0.5, 0.6) is 0 Å². The fourth-order valence-corrected chi connectivity index (χ4v) is 4.39. The first kappa shape index (κ1) is 25.6. The summed E-state index contributed by atoms with van der Waals surface area (Å²) in [5, 5.41) is 14.2. The van der Waals surface area contributed by atoms with Crippen molar-refractivity contribution in [1.29, 1.82) is 0 Å². The lowest BCUT2D eigenvalue weighted by molar-refractivity contribution is 0.102. The molecule has 0 unspecified atom stereocenters. The first-order valence-electron chi connectivity index (χ1n) is 11.9. The summed E-state index contributed by atoms with van der Waals surface area (Å²) in [4.78, 5) is 33.8. The van der Waals surface area contributed by atoms with Crippen molar-refractivity contribution in [1.82, 2.24) is 9.97 Å². The van der Waals surface area contributed by atoms with Gasteiger partial charge in [-0.2, -0.15) is 0 Å². The lowest BCUT2D eigenvalue weighted by Crippen LogP contribution is -2.19. The Kier molecular flexibility index (Phi) is 7.56. The third-order valence-corrected chi connectivity index (χ3v) is 6.46. The van der Waals surface area contributed by atoms with Crippen LogP contribution in [0, 0.1) is 12.7 Å². The number of nitrogens with one attached hydrogen (secondary N) is 4. The van der Waals surface area contributed by atoms with E-state index >= 15 is 0 Å². The third kappa shape index (κ3) is 6.62. The van der Waals surface area contributed by atoms with Crippen molar-refractivity contribution in [2.45, 2.75) is 6.92 Å². The number of rotatable bonds is 7. The number of thiazole rings is 1. The van der Waals surface area contributed by atoms with Crippen molar-refractivity contribution in [3.8, 4) is 11.3 Å². The van der Waals surface area contributed by atoms with Gasteiger partial charge in [-0.15, -0.1) is 11.3 Å². The fraction of sp³-hybridized carbons (Fsp3) is 0.0345. The Morgan fingerprint density at radius 2 is 1.54 bits per heavy atom. The monoisotopic (exact) mass is 538 g/mol. The van der Waals surface area contributed by atoms with Crippen molar-refractivity contribution in [2.24, 2.45) is 0 Å². The molecule has 5 aromatic rings. The first-order valence-corrected chi connectivity index (χ1v) is 12.8. The smallest absolute Gasteiger partial charge is 0.323 e. The van der Waals surface area contributed by atoms with E-state index < -0.39 is 6.03 Å². The van der Waals surface area contributed by atoms with Crippen LogP contribution in [-0.2, 0) is 0 Å². The molecule has 4 N–H and O–H groups in total. The van der Waals surface area contributed by atoms with Gasteiger partial charge in [-0.05, 0) is 85.3 Å². The van der Waals surface area contributed by atoms with Gasteiger partial charge in [0.05, 0.1) is 5.69 Å². The summed E-state index contributed by atoms with van der Waals surface area (Å²) in [6.07, 6.45) is 3.49. The van der Waals surface area contributed by atoms with Gasteiger partial charge in [0.15, 0.2) is 5.13 Å². The van der Waals surface area contributed by atoms with E-state index in [1.165, 1.54) is 35.6 Å². The minimum atomic E-state index is -0.480. The molecule has 39 heavy (non-hydrogen) atoms. The molecule has 2 aromatic heterocycles. The lowest BCUT2D eigenvalue weighted by Gasteiger charge is -2.11. The van der Waals surface area contributed by atoms with Crippen LogP contribution in [0.3, 0.4) is 0 Å². The molecule has 8 nitrogen and oxygen atoms in total. The second-order valence-electron chi connectivity index (χ2n) is 8.55. The molecule has 0 saturated carbocycles. The summed E-state index contributed by atoms with van der Waals surface area (Å²) >= 11 is 1.48. The number of benzene rings is 3. The minimum Gasteiger partial charge on any atom is -0.331 e. The number of aryl methyl sites for hydroxylation is 1. The quantitative estimate of drug-likeness (QED) is 0.174. The molecule has 10 heteroatoms. The molecule has 3 aromatic carbocycles. The van der Waals surface area contributed by atoms with Gasteiger partial charge >= 0.3 is 6.03 Å². The van der Waals surface area contributed by atoms with E-state index in [0.29, 0.717) is 22.6 Å². The molecule has 0 aliphatic rings. The van der Waals surface area contributed by atoms with E-state index in [9.17, 15) is 14.0 Å². The van der Waals surface area contributed by atoms with Crippen LogP contribution in [0.25, 0.3) is 11.3 Å². The van der Waals surface area contributed by atoms with Gasteiger partial charge in [0.1, 0.15) is 5.82 Å². The molecule has 0 spiro atoms. The van der Waals surface area contributed by atoms with E-state index in [1.54, 1.807) is 36.7 Å². The molecule has 0 bridgehead atoms. The van der Waals surface area contributed by atoms with Crippen LogP contribution in [-0.4, -0.2) is 21.9 Å². The van der Waals surface area contributed by atoms with Gasteiger partial charge in [0.2, 0.25) is 0 Å². The Hall–Kier alpha value is -5.09. The predicted octanol–water partition coefficient (Wildman–Crippen LogP) is 7.29. The molecule has 2 heterocycles. The minimum absolute atomic E-state index is 0.291. The zero-order valence-electron chi connectivity index (χ0n) is 20.7. The van der Waals surface area contributed by atoms with E-state index in [-0.39, 0.29) is 11.7 Å². The number of aromatic nitrogens is 2. The Bertz CT molecular complexity index is 1610. The first-order chi connectivity index (χ1) is 18.9. The summed E-state index contributed by atoms with van der Waals surface area (Å²) < 4.78 is 13.0. The number of amides is 3. The third-order valence-electron chi connectivity index (χ3n) is 5.71. The van der Waals surface area contributed by atoms with E-state index in [0.717, 1.165) is 27.6 Å². The highest BCUT2D eigenvalue weighted by Crippen LogP contribution is 2.29. The highest BCUT2D eigenvalue weighted by Gasteiger charge is 2.11. The maximum Gasteiger partial charge on any atom is 0.323 e. The number of halogens is 1. The number of hydrogen-bond donors (Lipinski definition) is 4. The summed E-state index contributed by atoms with van der Waals surface area (Å²) in [7, 11) is 0. The van der Waals surface area contributed by atoms with E-state index in [2.05, 4.69) is 31.2 Å². The standard InChI is InChI=1S/C29H23FN6O2S/c1-18-4-9-24(15-25(18)35-29-36-26(17-39-29)20-3-2-14-31-16-20)32-27(37)19-5-10-22(11-6-19)33-28(38)34-23-12-7-21(30)8-13-23/h2-17H,1H3,(H,32,37)(H,35,36)(H2,33,34,38). The molecule has 0 atom stereocenters. The number of carbonyl (C=O) groups excluding carboxylic acids is 2. The molecule has 0 radical (unpaired) electrons. The lowest BCUT2D eigenvalue weighted by atomic mass is 10.1. The second kappa shape index (κ2) is 11.5. The molecule has 3 amide bonds. The largest absolute Gasteiger partial charge is 0.331 e.